The molecule has 2 heterocycles. The highest BCUT2D eigenvalue weighted by Gasteiger charge is 2.17. The Morgan fingerprint density at radius 1 is 1.20 bits per heavy atom. The zero-order valence-corrected chi connectivity index (χ0v) is 12.3. The molecule has 1 fully saturated rings. The highest BCUT2D eigenvalue weighted by atomic mass is 32.1. The summed E-state index contributed by atoms with van der Waals surface area (Å²) in [5.41, 5.74) is 2.25. The van der Waals surface area contributed by atoms with Gasteiger partial charge in [-0.3, -0.25) is 4.57 Å². The van der Waals surface area contributed by atoms with Crippen molar-refractivity contribution in [3.05, 3.63) is 46.2 Å². The topological polar surface area (TPSA) is 37.6 Å². The van der Waals surface area contributed by atoms with Crippen molar-refractivity contribution in [1.82, 2.24) is 9.47 Å². The molecule has 0 bridgehead atoms. The number of amides is 2. The molecule has 1 aromatic heterocycles. The summed E-state index contributed by atoms with van der Waals surface area (Å²) in [7, 11) is 0. The lowest BCUT2D eigenvalue weighted by atomic mass is 10.2. The second-order valence-corrected chi connectivity index (χ2v) is 5.85. The van der Waals surface area contributed by atoms with Crippen LogP contribution in [0.25, 0.3) is 5.69 Å². The van der Waals surface area contributed by atoms with Crippen LogP contribution in [0, 0.1) is 6.92 Å². The average Bonchev–Trinajstić information content (AvgIpc) is 3.10. The molecule has 104 valence electrons. The Morgan fingerprint density at radius 3 is 2.60 bits per heavy atom. The molecule has 0 atom stereocenters. The number of carbonyl (C=O) groups is 1. The molecule has 1 aromatic carbocycles. The largest absolute Gasteiger partial charge is 0.346 e. The van der Waals surface area contributed by atoms with Crippen LogP contribution in [0.3, 0.4) is 0 Å². The minimum absolute atomic E-state index is 0.120. The van der Waals surface area contributed by atoms with E-state index in [1.807, 2.05) is 33.2 Å². The van der Waals surface area contributed by atoms with E-state index >= 15 is 0 Å². The van der Waals surface area contributed by atoms with Crippen LogP contribution in [0.15, 0.2) is 40.8 Å². The maximum Gasteiger partial charge on any atom is 0.346 e. The van der Waals surface area contributed by atoms with E-state index in [1.54, 1.807) is 0 Å². The van der Waals surface area contributed by atoms with Crippen LogP contribution in [0.5, 0.6) is 0 Å². The molecule has 0 N–H and O–H groups in total. The molecule has 0 saturated carbocycles. The second kappa shape index (κ2) is 5.63. The van der Waals surface area contributed by atoms with Gasteiger partial charge in [0.05, 0.1) is 0 Å². The van der Waals surface area contributed by atoms with Gasteiger partial charge in [-0.1, -0.05) is 17.7 Å². The third-order valence-corrected chi connectivity index (χ3v) is 4.23. The van der Waals surface area contributed by atoms with Crippen molar-refractivity contribution in [3.63, 3.8) is 0 Å². The van der Waals surface area contributed by atoms with E-state index in [9.17, 15) is 4.79 Å². The summed E-state index contributed by atoms with van der Waals surface area (Å²) in [5, 5.41) is 1.95. The van der Waals surface area contributed by atoms with Crippen LogP contribution in [-0.4, -0.2) is 28.6 Å². The predicted octanol–water partition coefficient (Wildman–Crippen LogP) is 2.96. The van der Waals surface area contributed by atoms with Crippen molar-refractivity contribution in [3.8, 4) is 5.69 Å². The first kappa shape index (κ1) is 13.1. The molecule has 0 unspecified atom stereocenters. The summed E-state index contributed by atoms with van der Waals surface area (Å²) in [6.07, 6.45) is 4.12. The average molecular weight is 287 g/mol. The quantitative estimate of drug-likeness (QED) is 0.794. The third-order valence-electron chi connectivity index (χ3n) is 3.47. The fourth-order valence-corrected chi connectivity index (χ4v) is 3.03. The van der Waals surface area contributed by atoms with Crippen LogP contribution in [0.1, 0.15) is 18.4 Å². The molecular formula is C15H17N3OS. The van der Waals surface area contributed by atoms with Crippen molar-refractivity contribution in [2.75, 3.05) is 13.1 Å². The number of hydrogen-bond donors (Lipinski definition) is 0. The number of urea groups is 1. The monoisotopic (exact) mass is 287 g/mol. The molecule has 1 saturated heterocycles. The van der Waals surface area contributed by atoms with E-state index < -0.39 is 0 Å². The number of thiazole rings is 1. The molecule has 5 heteroatoms. The van der Waals surface area contributed by atoms with Crippen LogP contribution in [0.4, 0.5) is 4.79 Å². The minimum Gasteiger partial charge on any atom is -0.323 e. The summed E-state index contributed by atoms with van der Waals surface area (Å²) >= 11 is 1.48. The van der Waals surface area contributed by atoms with Gasteiger partial charge in [0.15, 0.2) is 4.80 Å². The van der Waals surface area contributed by atoms with E-state index in [4.69, 9.17) is 0 Å². The number of benzene rings is 1. The summed E-state index contributed by atoms with van der Waals surface area (Å²) in [6, 6.07) is 8.09. The number of hydrogen-bond acceptors (Lipinski definition) is 2. The predicted molar refractivity (Wildman–Crippen MR) is 80.1 cm³/mol. The lowest BCUT2D eigenvalue weighted by Crippen LogP contribution is -2.27. The van der Waals surface area contributed by atoms with Crippen LogP contribution in [0.2, 0.25) is 0 Å². The summed E-state index contributed by atoms with van der Waals surface area (Å²) in [4.78, 5) is 18.9. The van der Waals surface area contributed by atoms with Gasteiger partial charge in [-0.25, -0.2) is 4.79 Å². The Kier molecular flexibility index (Phi) is 3.69. The maximum absolute atomic E-state index is 12.1. The van der Waals surface area contributed by atoms with Gasteiger partial charge < -0.3 is 4.90 Å². The fraction of sp³-hybridized carbons (Fsp3) is 0.333. The number of likely N-dealkylation sites (tertiary alicyclic amines) is 1. The lowest BCUT2D eigenvalue weighted by Gasteiger charge is -2.10. The Balaban J connectivity index is 1.93. The molecule has 1 aliphatic heterocycles. The number of aryl methyl sites for hydroxylation is 1. The van der Waals surface area contributed by atoms with E-state index in [0.29, 0.717) is 0 Å². The van der Waals surface area contributed by atoms with Gasteiger partial charge in [0, 0.05) is 30.4 Å². The number of rotatable bonds is 1. The first-order valence-corrected chi connectivity index (χ1v) is 7.69. The van der Waals surface area contributed by atoms with Crippen LogP contribution < -0.4 is 4.80 Å². The van der Waals surface area contributed by atoms with Crippen molar-refractivity contribution >= 4 is 17.4 Å². The van der Waals surface area contributed by atoms with E-state index in [1.165, 1.54) is 16.9 Å². The SMILES string of the molecule is Cc1ccc(-n2ccs/c2=N\C(=O)N2CCCC2)cc1. The first-order chi connectivity index (χ1) is 9.74. The number of carbonyl (C=O) groups excluding carboxylic acids is 1. The zero-order valence-electron chi connectivity index (χ0n) is 11.5. The fourth-order valence-electron chi connectivity index (χ4n) is 2.32. The molecule has 2 amide bonds. The Labute approximate surface area is 122 Å². The second-order valence-electron chi connectivity index (χ2n) is 4.98. The molecule has 2 aromatic rings. The molecule has 4 nitrogen and oxygen atoms in total. The Morgan fingerprint density at radius 2 is 1.90 bits per heavy atom. The Bertz CT molecular complexity index is 663. The smallest absolute Gasteiger partial charge is 0.323 e. The first-order valence-electron chi connectivity index (χ1n) is 6.81. The highest BCUT2D eigenvalue weighted by molar-refractivity contribution is 7.07. The van der Waals surface area contributed by atoms with Crippen molar-refractivity contribution in [1.29, 1.82) is 0 Å². The molecule has 0 spiro atoms. The summed E-state index contributed by atoms with van der Waals surface area (Å²) in [6.45, 7) is 3.72. The molecule has 0 radical (unpaired) electrons. The zero-order chi connectivity index (χ0) is 13.9. The minimum atomic E-state index is -0.120. The normalized spacial score (nSPS) is 15.8. The molecular weight excluding hydrogens is 270 g/mol. The standard InChI is InChI=1S/C15H17N3OS/c1-12-4-6-13(7-5-12)18-10-11-20-15(18)16-14(19)17-8-2-3-9-17/h4-7,10-11H,2-3,8-9H2,1H3/b16-15-. The number of aromatic nitrogens is 1. The van der Waals surface area contributed by atoms with E-state index in [-0.39, 0.29) is 6.03 Å². The molecule has 0 aliphatic carbocycles. The molecule has 3 rings (SSSR count). The summed E-state index contributed by atoms with van der Waals surface area (Å²) in [5.74, 6) is 0. The number of nitrogens with zero attached hydrogens (tertiary/aromatic N) is 3. The third kappa shape index (κ3) is 2.67. The van der Waals surface area contributed by atoms with Gasteiger partial charge in [0.1, 0.15) is 0 Å². The van der Waals surface area contributed by atoms with Crippen LogP contribution >= 0.6 is 11.3 Å². The van der Waals surface area contributed by atoms with Crippen molar-refractivity contribution in [2.24, 2.45) is 4.99 Å². The summed E-state index contributed by atoms with van der Waals surface area (Å²) < 4.78 is 1.96. The van der Waals surface area contributed by atoms with E-state index in [0.717, 1.165) is 36.4 Å². The van der Waals surface area contributed by atoms with Gasteiger partial charge >= 0.3 is 6.03 Å². The maximum atomic E-state index is 12.1. The van der Waals surface area contributed by atoms with Gasteiger partial charge in [-0.2, -0.15) is 4.99 Å². The van der Waals surface area contributed by atoms with Gasteiger partial charge in [-0.05, 0) is 31.9 Å². The van der Waals surface area contributed by atoms with Gasteiger partial charge in [-0.15, -0.1) is 11.3 Å². The van der Waals surface area contributed by atoms with Gasteiger partial charge in [0.25, 0.3) is 0 Å². The molecule has 1 aliphatic rings. The van der Waals surface area contributed by atoms with Crippen molar-refractivity contribution in [2.45, 2.75) is 19.8 Å². The molecule has 20 heavy (non-hydrogen) atoms. The van der Waals surface area contributed by atoms with E-state index in [2.05, 4.69) is 24.0 Å². The Hall–Kier alpha value is -1.88. The van der Waals surface area contributed by atoms with Crippen LogP contribution in [-0.2, 0) is 0 Å². The highest BCUT2D eigenvalue weighted by Crippen LogP contribution is 2.10. The lowest BCUT2D eigenvalue weighted by molar-refractivity contribution is 0.218. The van der Waals surface area contributed by atoms with Crippen molar-refractivity contribution < 1.29 is 4.79 Å². The van der Waals surface area contributed by atoms with Gasteiger partial charge in [0.2, 0.25) is 0 Å².